The molecule has 0 radical (unpaired) electrons. The molecule has 6 nitrogen and oxygen atoms in total. The Hall–Kier alpha value is -3.06. The lowest BCUT2D eigenvalue weighted by Crippen LogP contribution is -2.24. The second kappa shape index (κ2) is 7.28. The fourth-order valence-corrected chi connectivity index (χ4v) is 4.05. The number of carbonyl (C=O) groups excluding carboxylic acids is 2. The molecule has 0 bridgehead atoms. The summed E-state index contributed by atoms with van der Waals surface area (Å²) >= 11 is 1.67. The smallest absolute Gasteiger partial charge is 0.246 e. The van der Waals surface area contributed by atoms with Crippen LogP contribution in [0.25, 0.3) is 16.2 Å². The number of fused-ring (bicyclic) bond motifs is 2. The highest BCUT2D eigenvalue weighted by Gasteiger charge is 2.16. The molecule has 3 aromatic rings. The summed E-state index contributed by atoms with van der Waals surface area (Å²) in [7, 11) is 1.79. The number of carbonyl (C=O) groups is 2. The molecule has 0 saturated heterocycles. The average molecular weight is 378 g/mol. The monoisotopic (exact) mass is 378 g/mol. The largest absolute Gasteiger partial charge is 0.376 e. The summed E-state index contributed by atoms with van der Waals surface area (Å²) in [5.74, 6) is 0.0542. The van der Waals surface area contributed by atoms with Gasteiger partial charge in [-0.05, 0) is 29.8 Å². The second-order valence-electron chi connectivity index (χ2n) is 6.49. The van der Waals surface area contributed by atoms with Crippen LogP contribution in [-0.2, 0) is 22.6 Å². The number of thiophene rings is 1. The molecule has 1 aliphatic rings. The van der Waals surface area contributed by atoms with Crippen LogP contribution in [0.1, 0.15) is 16.1 Å². The maximum atomic E-state index is 12.4. The Morgan fingerprint density at radius 2 is 2.26 bits per heavy atom. The van der Waals surface area contributed by atoms with Crippen molar-refractivity contribution < 1.29 is 9.59 Å². The molecule has 0 saturated carbocycles. The van der Waals surface area contributed by atoms with Gasteiger partial charge >= 0.3 is 0 Å². The maximum Gasteiger partial charge on any atom is 0.246 e. The lowest BCUT2D eigenvalue weighted by Gasteiger charge is -2.16. The van der Waals surface area contributed by atoms with Crippen LogP contribution < -0.4 is 5.32 Å². The van der Waals surface area contributed by atoms with Crippen LogP contribution in [0.3, 0.4) is 0 Å². The van der Waals surface area contributed by atoms with Crippen molar-refractivity contribution in [3.63, 3.8) is 0 Å². The van der Waals surface area contributed by atoms with Crippen LogP contribution in [0.5, 0.6) is 0 Å². The number of likely N-dealkylation sites (N-methyl/N-ethyl adjacent to an activating group) is 1. The molecule has 1 aliphatic heterocycles. The number of pyridine rings is 2. The number of rotatable bonds is 4. The van der Waals surface area contributed by atoms with Gasteiger partial charge < -0.3 is 10.2 Å². The summed E-state index contributed by atoms with van der Waals surface area (Å²) in [6.45, 7) is 0.878. The van der Waals surface area contributed by atoms with Gasteiger partial charge in [-0.15, -0.1) is 11.3 Å². The molecule has 4 heterocycles. The van der Waals surface area contributed by atoms with E-state index in [9.17, 15) is 9.59 Å². The highest BCUT2D eigenvalue weighted by molar-refractivity contribution is 7.19. The number of anilines is 1. The molecule has 0 spiro atoms. The van der Waals surface area contributed by atoms with Crippen LogP contribution in [0.15, 0.2) is 42.9 Å². The van der Waals surface area contributed by atoms with Crippen molar-refractivity contribution in [3.8, 4) is 0 Å². The van der Waals surface area contributed by atoms with Crippen LogP contribution in [0, 0.1) is 0 Å². The predicted octanol–water partition coefficient (Wildman–Crippen LogP) is 2.90. The first-order valence-corrected chi connectivity index (χ1v) is 9.40. The van der Waals surface area contributed by atoms with Gasteiger partial charge in [0.05, 0.1) is 30.9 Å². The Kier molecular flexibility index (Phi) is 4.68. The zero-order chi connectivity index (χ0) is 18.8. The molecule has 27 heavy (non-hydrogen) atoms. The molecule has 0 aromatic carbocycles. The molecule has 1 amide bonds. The highest BCUT2D eigenvalue weighted by Crippen LogP contribution is 2.25. The van der Waals surface area contributed by atoms with E-state index >= 15 is 0 Å². The first kappa shape index (κ1) is 17.4. The minimum atomic E-state index is -0.0774. The predicted molar refractivity (Wildman–Crippen MR) is 107 cm³/mol. The summed E-state index contributed by atoms with van der Waals surface area (Å²) in [5, 5.41) is 4.16. The molecule has 0 aliphatic carbocycles. The van der Waals surface area contributed by atoms with Crippen molar-refractivity contribution >= 4 is 44.9 Å². The second-order valence-corrected chi connectivity index (χ2v) is 7.65. The van der Waals surface area contributed by atoms with E-state index in [1.54, 1.807) is 47.8 Å². The number of amides is 1. The van der Waals surface area contributed by atoms with E-state index < -0.39 is 0 Å². The number of aromatic nitrogens is 2. The van der Waals surface area contributed by atoms with Crippen molar-refractivity contribution in [3.05, 3.63) is 59.0 Å². The van der Waals surface area contributed by atoms with Gasteiger partial charge in [0.25, 0.3) is 0 Å². The Balaban J connectivity index is 1.42. The summed E-state index contributed by atoms with van der Waals surface area (Å²) in [6.07, 6.45) is 8.95. The Morgan fingerprint density at radius 1 is 1.37 bits per heavy atom. The summed E-state index contributed by atoms with van der Waals surface area (Å²) in [5.41, 5.74) is 2.44. The van der Waals surface area contributed by atoms with Crippen molar-refractivity contribution in [2.75, 3.05) is 18.9 Å². The molecule has 0 atom stereocenters. The molecule has 0 unspecified atom stereocenters. The summed E-state index contributed by atoms with van der Waals surface area (Å²) < 4.78 is 1.17. The number of hydrogen-bond acceptors (Lipinski definition) is 6. The van der Waals surface area contributed by atoms with E-state index in [4.69, 9.17) is 0 Å². The van der Waals surface area contributed by atoms with Crippen LogP contribution in [-0.4, -0.2) is 40.2 Å². The first-order chi connectivity index (χ1) is 13.1. The highest BCUT2D eigenvalue weighted by atomic mass is 32.1. The Bertz CT molecular complexity index is 1020. The van der Waals surface area contributed by atoms with Gasteiger partial charge in [-0.1, -0.05) is 0 Å². The van der Waals surface area contributed by atoms with E-state index in [0.717, 1.165) is 27.2 Å². The van der Waals surface area contributed by atoms with Crippen LogP contribution in [0.4, 0.5) is 5.69 Å². The SMILES string of the molecule is CN(Cc1cc2cnccc2s1)C(=O)/C=C/c1cnc2c(c1)NCC(=O)C2. The van der Waals surface area contributed by atoms with Crippen molar-refractivity contribution in [2.24, 2.45) is 0 Å². The third-order valence-electron chi connectivity index (χ3n) is 4.39. The van der Waals surface area contributed by atoms with E-state index in [1.165, 1.54) is 4.70 Å². The van der Waals surface area contributed by atoms with Crippen molar-refractivity contribution in [1.82, 2.24) is 14.9 Å². The first-order valence-electron chi connectivity index (χ1n) is 8.58. The summed E-state index contributed by atoms with van der Waals surface area (Å²) in [6, 6.07) is 5.97. The third kappa shape index (κ3) is 3.88. The minimum absolute atomic E-state index is 0.0774. The quantitative estimate of drug-likeness (QED) is 0.707. The van der Waals surface area contributed by atoms with E-state index in [1.807, 2.05) is 18.3 Å². The number of nitrogens with one attached hydrogen (secondary N) is 1. The molecule has 0 fully saturated rings. The van der Waals surface area contributed by atoms with Gasteiger partial charge in [-0.3, -0.25) is 19.6 Å². The fraction of sp³-hybridized carbons (Fsp3) is 0.200. The standard InChI is InChI=1S/C20H18N4O2S/c1-24(12-16-7-14-10-21-5-4-19(14)27-16)20(26)3-2-13-6-17-18(22-9-13)8-15(25)11-23-17/h2-7,9-10,23H,8,11-12H2,1H3/b3-2+. The van der Waals surface area contributed by atoms with Crippen molar-refractivity contribution in [1.29, 1.82) is 0 Å². The lowest BCUT2D eigenvalue weighted by molar-refractivity contribution is -0.125. The Morgan fingerprint density at radius 3 is 3.11 bits per heavy atom. The zero-order valence-electron chi connectivity index (χ0n) is 14.8. The van der Waals surface area contributed by atoms with Gasteiger partial charge in [0.1, 0.15) is 0 Å². The minimum Gasteiger partial charge on any atom is -0.376 e. The van der Waals surface area contributed by atoms with Crippen LogP contribution >= 0.6 is 11.3 Å². The van der Waals surface area contributed by atoms with Gasteiger partial charge in [0, 0.05) is 46.7 Å². The molecular weight excluding hydrogens is 360 g/mol. The number of nitrogens with zero attached hydrogens (tertiary/aromatic N) is 3. The van der Waals surface area contributed by atoms with Gasteiger partial charge in [-0.2, -0.15) is 0 Å². The maximum absolute atomic E-state index is 12.4. The fourth-order valence-electron chi connectivity index (χ4n) is 2.96. The molecule has 3 aromatic heterocycles. The summed E-state index contributed by atoms with van der Waals surface area (Å²) in [4.78, 5) is 35.1. The normalized spacial score (nSPS) is 13.6. The van der Waals surface area contributed by atoms with E-state index in [0.29, 0.717) is 19.5 Å². The molecule has 7 heteroatoms. The molecule has 4 rings (SSSR count). The lowest BCUT2D eigenvalue weighted by atomic mass is 10.1. The van der Waals surface area contributed by atoms with Crippen molar-refractivity contribution in [2.45, 2.75) is 13.0 Å². The number of Topliss-reactive ketones (excluding diaryl/α,β-unsaturated/α-hetero) is 1. The van der Waals surface area contributed by atoms with Gasteiger partial charge in [-0.25, -0.2) is 0 Å². The van der Waals surface area contributed by atoms with Gasteiger partial charge in [0.2, 0.25) is 5.91 Å². The molecule has 1 N–H and O–H groups in total. The number of ketones is 1. The number of hydrogen-bond donors (Lipinski definition) is 1. The topological polar surface area (TPSA) is 75.2 Å². The molecule has 136 valence electrons. The van der Waals surface area contributed by atoms with E-state index in [2.05, 4.69) is 21.4 Å². The zero-order valence-corrected chi connectivity index (χ0v) is 15.6. The average Bonchev–Trinajstić information content (AvgIpc) is 3.08. The third-order valence-corrected chi connectivity index (χ3v) is 5.49. The molecular formula is C20H18N4O2S. The van der Waals surface area contributed by atoms with E-state index in [-0.39, 0.29) is 11.7 Å². The Labute approximate surface area is 160 Å². The van der Waals surface area contributed by atoms with Gasteiger partial charge in [0.15, 0.2) is 5.78 Å². The van der Waals surface area contributed by atoms with Crippen LogP contribution in [0.2, 0.25) is 0 Å².